The predicted octanol–water partition coefficient (Wildman–Crippen LogP) is 2.56. The molecule has 6 heteroatoms. The number of aromatic nitrogens is 4. The molecule has 18 heavy (non-hydrogen) atoms. The average Bonchev–Trinajstić information content (AvgIpc) is 2.78. The van der Waals surface area contributed by atoms with Gasteiger partial charge in [0, 0.05) is 5.56 Å². The van der Waals surface area contributed by atoms with Gasteiger partial charge in [0.1, 0.15) is 17.7 Å². The molecule has 0 amide bonds. The molecule has 1 aromatic carbocycles. The molecule has 0 saturated heterocycles. The van der Waals surface area contributed by atoms with Crippen molar-refractivity contribution < 1.29 is 0 Å². The van der Waals surface area contributed by atoms with Crippen LogP contribution in [-0.2, 0) is 0 Å². The Balaban J connectivity index is 2.26. The second kappa shape index (κ2) is 3.96. The Hall–Kier alpha value is -2.14. The summed E-state index contributed by atoms with van der Waals surface area (Å²) in [5.41, 5.74) is 8.75. The van der Waals surface area contributed by atoms with E-state index in [2.05, 4.69) is 19.9 Å². The minimum absolute atomic E-state index is 0.377. The van der Waals surface area contributed by atoms with E-state index in [1.165, 1.54) is 6.33 Å². The number of imidazole rings is 1. The number of aryl methyl sites for hydroxylation is 1. The van der Waals surface area contributed by atoms with Crippen molar-refractivity contribution in [3.8, 4) is 11.4 Å². The SMILES string of the molecule is Cc1cccc(-c2nc3ncnc(N)c3[nH]2)c1Cl. The van der Waals surface area contributed by atoms with Crippen LogP contribution < -0.4 is 5.73 Å². The lowest BCUT2D eigenvalue weighted by molar-refractivity contribution is 1.21. The van der Waals surface area contributed by atoms with Gasteiger partial charge in [0.2, 0.25) is 0 Å². The summed E-state index contributed by atoms with van der Waals surface area (Å²) in [6.45, 7) is 1.95. The van der Waals surface area contributed by atoms with Gasteiger partial charge in [0.15, 0.2) is 11.5 Å². The van der Waals surface area contributed by atoms with Crippen LogP contribution >= 0.6 is 11.6 Å². The van der Waals surface area contributed by atoms with Crippen LogP contribution in [0.25, 0.3) is 22.6 Å². The van der Waals surface area contributed by atoms with Crippen LogP contribution in [0.5, 0.6) is 0 Å². The van der Waals surface area contributed by atoms with E-state index in [9.17, 15) is 0 Å². The summed E-state index contributed by atoms with van der Waals surface area (Å²) in [4.78, 5) is 15.5. The fourth-order valence-corrected chi connectivity index (χ4v) is 2.02. The highest BCUT2D eigenvalue weighted by Gasteiger charge is 2.12. The number of nitrogens with one attached hydrogen (secondary N) is 1. The Kier molecular flexibility index (Phi) is 2.41. The van der Waals surface area contributed by atoms with Crippen molar-refractivity contribution in [3.05, 3.63) is 35.1 Å². The summed E-state index contributed by atoms with van der Waals surface area (Å²) in [6, 6.07) is 5.78. The summed E-state index contributed by atoms with van der Waals surface area (Å²) in [5.74, 6) is 1.02. The van der Waals surface area contributed by atoms with Crippen LogP contribution in [0, 0.1) is 6.92 Å². The average molecular weight is 260 g/mol. The molecule has 3 aromatic rings. The van der Waals surface area contributed by atoms with Gasteiger partial charge in [0.05, 0.1) is 5.02 Å². The third kappa shape index (κ3) is 1.60. The monoisotopic (exact) mass is 259 g/mol. The van der Waals surface area contributed by atoms with Crippen LogP contribution in [0.15, 0.2) is 24.5 Å². The second-order valence-electron chi connectivity index (χ2n) is 3.98. The Labute approximate surface area is 108 Å². The number of nitrogens with two attached hydrogens (primary N) is 1. The molecule has 0 atom stereocenters. The Morgan fingerprint density at radius 3 is 2.89 bits per heavy atom. The van der Waals surface area contributed by atoms with E-state index in [1.807, 2.05) is 25.1 Å². The molecule has 0 aliphatic carbocycles. The van der Waals surface area contributed by atoms with Crippen molar-refractivity contribution in [1.29, 1.82) is 0 Å². The largest absolute Gasteiger partial charge is 0.382 e. The van der Waals surface area contributed by atoms with Gasteiger partial charge in [-0.15, -0.1) is 0 Å². The Bertz CT molecular complexity index is 734. The molecule has 0 radical (unpaired) electrons. The normalized spacial score (nSPS) is 11.0. The number of hydrogen-bond donors (Lipinski definition) is 2. The maximum atomic E-state index is 6.27. The van der Waals surface area contributed by atoms with Crippen LogP contribution in [0.2, 0.25) is 5.02 Å². The van der Waals surface area contributed by atoms with Crippen molar-refractivity contribution >= 4 is 28.6 Å². The van der Waals surface area contributed by atoms with Gasteiger partial charge in [0.25, 0.3) is 0 Å². The van der Waals surface area contributed by atoms with Crippen LogP contribution in [-0.4, -0.2) is 19.9 Å². The number of rotatable bonds is 1. The van der Waals surface area contributed by atoms with Gasteiger partial charge in [-0.25, -0.2) is 15.0 Å². The molecule has 2 aromatic heterocycles. The minimum Gasteiger partial charge on any atom is -0.382 e. The van der Waals surface area contributed by atoms with Crippen LogP contribution in [0.1, 0.15) is 5.56 Å². The lowest BCUT2D eigenvalue weighted by atomic mass is 10.1. The number of fused-ring (bicyclic) bond motifs is 1. The topological polar surface area (TPSA) is 80.5 Å². The molecule has 3 rings (SSSR count). The molecule has 0 aliphatic heterocycles. The van der Waals surface area contributed by atoms with E-state index in [0.717, 1.165) is 11.1 Å². The number of nitrogen functional groups attached to an aromatic ring is 1. The second-order valence-corrected chi connectivity index (χ2v) is 4.36. The molecular weight excluding hydrogens is 250 g/mol. The molecule has 0 fully saturated rings. The number of H-pyrrole nitrogens is 1. The third-order valence-electron chi connectivity index (χ3n) is 2.76. The van der Waals surface area contributed by atoms with E-state index < -0.39 is 0 Å². The van der Waals surface area contributed by atoms with Crippen molar-refractivity contribution in [3.63, 3.8) is 0 Å². The first kappa shape index (κ1) is 11.0. The number of nitrogens with zero attached hydrogens (tertiary/aromatic N) is 3. The highest BCUT2D eigenvalue weighted by molar-refractivity contribution is 6.34. The zero-order chi connectivity index (χ0) is 12.7. The molecule has 90 valence electrons. The number of hydrogen-bond acceptors (Lipinski definition) is 4. The zero-order valence-corrected chi connectivity index (χ0v) is 10.4. The standard InChI is InChI=1S/C12H10ClN5/c1-6-3-2-4-7(8(6)13)11-17-9-10(14)15-5-16-12(9)18-11/h2-5H,1H3,(H3,14,15,16,17,18). The van der Waals surface area contributed by atoms with Crippen LogP contribution in [0.3, 0.4) is 0 Å². The minimum atomic E-state index is 0.377. The van der Waals surface area contributed by atoms with E-state index in [1.54, 1.807) is 0 Å². The van der Waals surface area contributed by atoms with Gasteiger partial charge in [-0.3, -0.25) is 0 Å². The summed E-state index contributed by atoms with van der Waals surface area (Å²) in [7, 11) is 0. The van der Waals surface area contributed by atoms with Crippen molar-refractivity contribution in [2.24, 2.45) is 0 Å². The van der Waals surface area contributed by atoms with Crippen molar-refractivity contribution in [2.75, 3.05) is 5.73 Å². The van der Waals surface area contributed by atoms with Gasteiger partial charge >= 0.3 is 0 Å². The maximum Gasteiger partial charge on any atom is 0.183 e. The molecule has 0 bridgehead atoms. The molecule has 0 saturated carbocycles. The number of anilines is 1. The Morgan fingerprint density at radius 2 is 2.11 bits per heavy atom. The number of benzene rings is 1. The molecule has 0 unspecified atom stereocenters. The highest BCUT2D eigenvalue weighted by atomic mass is 35.5. The van der Waals surface area contributed by atoms with E-state index in [4.69, 9.17) is 17.3 Å². The van der Waals surface area contributed by atoms with Gasteiger partial charge in [-0.05, 0) is 18.6 Å². The maximum absolute atomic E-state index is 6.27. The molecule has 2 heterocycles. The summed E-state index contributed by atoms with van der Waals surface area (Å²) >= 11 is 6.27. The lowest BCUT2D eigenvalue weighted by Gasteiger charge is -2.02. The fraction of sp³-hybridized carbons (Fsp3) is 0.0833. The van der Waals surface area contributed by atoms with Crippen molar-refractivity contribution in [1.82, 2.24) is 19.9 Å². The predicted molar refractivity (Wildman–Crippen MR) is 71.3 cm³/mol. The molecule has 5 nitrogen and oxygen atoms in total. The molecular formula is C12H10ClN5. The Morgan fingerprint density at radius 1 is 1.28 bits per heavy atom. The molecule has 0 spiro atoms. The molecule has 3 N–H and O–H groups in total. The summed E-state index contributed by atoms with van der Waals surface area (Å²) < 4.78 is 0. The number of halogens is 1. The lowest BCUT2D eigenvalue weighted by Crippen LogP contribution is -1.91. The first-order valence-electron chi connectivity index (χ1n) is 5.38. The van der Waals surface area contributed by atoms with E-state index in [-0.39, 0.29) is 0 Å². The van der Waals surface area contributed by atoms with E-state index in [0.29, 0.717) is 27.8 Å². The van der Waals surface area contributed by atoms with E-state index >= 15 is 0 Å². The highest BCUT2D eigenvalue weighted by Crippen LogP contribution is 2.29. The third-order valence-corrected chi connectivity index (χ3v) is 3.27. The number of aromatic amines is 1. The molecule has 0 aliphatic rings. The fourth-order valence-electron chi connectivity index (χ4n) is 1.80. The smallest absolute Gasteiger partial charge is 0.183 e. The summed E-state index contributed by atoms with van der Waals surface area (Å²) in [6.07, 6.45) is 1.39. The summed E-state index contributed by atoms with van der Waals surface area (Å²) in [5, 5.41) is 0.670. The first-order chi connectivity index (χ1) is 8.66. The van der Waals surface area contributed by atoms with Crippen LogP contribution in [0.4, 0.5) is 5.82 Å². The van der Waals surface area contributed by atoms with Crippen molar-refractivity contribution in [2.45, 2.75) is 6.92 Å². The van der Waals surface area contributed by atoms with Gasteiger partial charge < -0.3 is 10.7 Å². The first-order valence-corrected chi connectivity index (χ1v) is 5.76. The quantitative estimate of drug-likeness (QED) is 0.704. The van der Waals surface area contributed by atoms with Gasteiger partial charge in [-0.1, -0.05) is 23.7 Å². The zero-order valence-electron chi connectivity index (χ0n) is 9.61. The van der Waals surface area contributed by atoms with Gasteiger partial charge in [-0.2, -0.15) is 0 Å².